The first-order chi connectivity index (χ1) is 7.15. The third-order valence-corrected chi connectivity index (χ3v) is 1.71. The number of para-hydroxylation sites is 1. The average Bonchev–Trinajstić information content (AvgIpc) is 2.25. The van der Waals surface area contributed by atoms with Gasteiger partial charge in [-0.25, -0.2) is 4.79 Å². The first-order valence-corrected chi connectivity index (χ1v) is 4.35. The van der Waals surface area contributed by atoms with E-state index < -0.39 is 5.97 Å². The lowest BCUT2D eigenvalue weighted by molar-refractivity contribution is -0.118. The summed E-state index contributed by atoms with van der Waals surface area (Å²) in [6.07, 6.45) is 0. The summed E-state index contributed by atoms with van der Waals surface area (Å²) in [5, 5.41) is 0. The third-order valence-electron chi connectivity index (χ3n) is 1.71. The minimum atomic E-state index is -0.455. The summed E-state index contributed by atoms with van der Waals surface area (Å²) in [4.78, 5) is 22.0. The zero-order valence-electron chi connectivity index (χ0n) is 8.53. The van der Waals surface area contributed by atoms with Crippen LogP contribution in [0.1, 0.15) is 17.3 Å². The van der Waals surface area contributed by atoms with Crippen LogP contribution in [0.25, 0.3) is 0 Å². The number of hydrogen-bond acceptors (Lipinski definition) is 4. The molecule has 0 saturated carbocycles. The van der Waals surface area contributed by atoms with Crippen molar-refractivity contribution in [3.05, 3.63) is 29.8 Å². The van der Waals surface area contributed by atoms with Crippen LogP contribution in [-0.2, 0) is 9.53 Å². The van der Waals surface area contributed by atoms with E-state index in [0.717, 1.165) is 0 Å². The van der Waals surface area contributed by atoms with Crippen molar-refractivity contribution in [3.63, 3.8) is 0 Å². The Morgan fingerprint density at radius 1 is 1.27 bits per heavy atom. The Morgan fingerprint density at radius 3 is 2.53 bits per heavy atom. The predicted molar refractivity (Wildman–Crippen MR) is 55.2 cm³/mol. The van der Waals surface area contributed by atoms with Gasteiger partial charge in [0.25, 0.3) is 0 Å². The second-order valence-corrected chi connectivity index (χ2v) is 2.84. The van der Waals surface area contributed by atoms with Crippen LogP contribution in [0, 0.1) is 0 Å². The summed E-state index contributed by atoms with van der Waals surface area (Å²) in [6, 6.07) is 6.74. The van der Waals surface area contributed by atoms with E-state index in [1.807, 2.05) is 0 Å². The standard InChI is InChI=1S/C10H12N2O3/c1-7(13)11-12-9-6-4-3-5-8(9)10(14)15-2/h3-6,12H,1-2H3,(H,11,13). The molecular weight excluding hydrogens is 196 g/mol. The summed E-state index contributed by atoms with van der Waals surface area (Å²) in [5.41, 5.74) is 5.88. The van der Waals surface area contributed by atoms with Gasteiger partial charge in [0, 0.05) is 6.92 Å². The summed E-state index contributed by atoms with van der Waals surface area (Å²) in [6.45, 7) is 1.37. The van der Waals surface area contributed by atoms with Gasteiger partial charge in [0.1, 0.15) is 0 Å². The van der Waals surface area contributed by atoms with E-state index in [4.69, 9.17) is 0 Å². The molecule has 0 aromatic heterocycles. The number of anilines is 1. The highest BCUT2D eigenvalue weighted by molar-refractivity contribution is 5.95. The molecule has 0 aliphatic rings. The predicted octanol–water partition coefficient (Wildman–Crippen LogP) is 0.936. The second-order valence-electron chi connectivity index (χ2n) is 2.84. The van der Waals surface area contributed by atoms with Crippen LogP contribution < -0.4 is 10.9 Å². The molecule has 0 aliphatic heterocycles. The topological polar surface area (TPSA) is 67.4 Å². The number of carbonyl (C=O) groups is 2. The molecule has 5 heteroatoms. The normalized spacial score (nSPS) is 9.20. The Hall–Kier alpha value is -2.04. The van der Waals surface area contributed by atoms with Gasteiger partial charge in [-0.1, -0.05) is 12.1 Å². The molecule has 1 aromatic carbocycles. The minimum Gasteiger partial charge on any atom is -0.465 e. The molecule has 0 radical (unpaired) electrons. The molecule has 0 heterocycles. The average molecular weight is 208 g/mol. The molecule has 0 unspecified atom stereocenters. The van der Waals surface area contributed by atoms with Crippen LogP contribution in [0.2, 0.25) is 0 Å². The van der Waals surface area contributed by atoms with E-state index in [2.05, 4.69) is 15.6 Å². The van der Waals surface area contributed by atoms with E-state index in [0.29, 0.717) is 11.3 Å². The molecule has 1 aromatic rings. The van der Waals surface area contributed by atoms with Gasteiger partial charge in [-0.3, -0.25) is 15.6 Å². The molecule has 0 atom stereocenters. The molecule has 5 nitrogen and oxygen atoms in total. The number of esters is 1. The SMILES string of the molecule is COC(=O)c1ccccc1NNC(C)=O. The Balaban J connectivity index is 2.86. The first-order valence-electron chi connectivity index (χ1n) is 4.35. The number of methoxy groups -OCH3 is 1. The van der Waals surface area contributed by atoms with Crippen molar-refractivity contribution in [1.29, 1.82) is 0 Å². The van der Waals surface area contributed by atoms with Crippen LogP contribution in [0.15, 0.2) is 24.3 Å². The lowest BCUT2D eigenvalue weighted by atomic mass is 10.2. The number of amides is 1. The Bertz CT molecular complexity index is 377. The maximum absolute atomic E-state index is 11.3. The molecular formula is C10H12N2O3. The maximum atomic E-state index is 11.3. The van der Waals surface area contributed by atoms with Gasteiger partial charge in [0.05, 0.1) is 18.4 Å². The molecule has 0 fully saturated rings. The van der Waals surface area contributed by atoms with Crippen LogP contribution in [0.4, 0.5) is 5.69 Å². The van der Waals surface area contributed by atoms with Gasteiger partial charge in [0.15, 0.2) is 0 Å². The van der Waals surface area contributed by atoms with Crippen LogP contribution in [0.3, 0.4) is 0 Å². The number of nitrogens with one attached hydrogen (secondary N) is 2. The van der Waals surface area contributed by atoms with Crippen molar-refractivity contribution in [1.82, 2.24) is 5.43 Å². The second kappa shape index (κ2) is 4.99. The minimum absolute atomic E-state index is 0.241. The van der Waals surface area contributed by atoms with Crippen LogP contribution in [0.5, 0.6) is 0 Å². The number of hydrogen-bond donors (Lipinski definition) is 2. The summed E-state index contributed by atoms with van der Waals surface area (Å²) in [7, 11) is 1.30. The molecule has 0 bridgehead atoms. The molecule has 0 saturated heterocycles. The van der Waals surface area contributed by atoms with Gasteiger partial charge in [-0.15, -0.1) is 0 Å². The molecule has 0 spiro atoms. The monoisotopic (exact) mass is 208 g/mol. The number of benzene rings is 1. The Morgan fingerprint density at radius 2 is 1.93 bits per heavy atom. The highest BCUT2D eigenvalue weighted by Gasteiger charge is 2.10. The smallest absolute Gasteiger partial charge is 0.340 e. The fourth-order valence-corrected chi connectivity index (χ4v) is 1.04. The van der Waals surface area contributed by atoms with Gasteiger partial charge >= 0.3 is 5.97 Å². The van der Waals surface area contributed by atoms with E-state index in [-0.39, 0.29) is 5.91 Å². The van der Waals surface area contributed by atoms with Gasteiger partial charge < -0.3 is 4.74 Å². The van der Waals surface area contributed by atoms with Gasteiger partial charge in [-0.2, -0.15) is 0 Å². The third kappa shape index (κ3) is 2.98. The van der Waals surface area contributed by atoms with Crippen molar-refractivity contribution >= 4 is 17.6 Å². The fourth-order valence-electron chi connectivity index (χ4n) is 1.04. The Labute approximate surface area is 87.4 Å². The van der Waals surface area contributed by atoms with E-state index in [1.54, 1.807) is 24.3 Å². The number of rotatable bonds is 3. The number of hydrazine groups is 1. The van der Waals surface area contributed by atoms with E-state index in [1.165, 1.54) is 14.0 Å². The van der Waals surface area contributed by atoms with Crippen molar-refractivity contribution in [3.8, 4) is 0 Å². The maximum Gasteiger partial charge on any atom is 0.340 e. The zero-order chi connectivity index (χ0) is 11.3. The fraction of sp³-hybridized carbons (Fsp3) is 0.200. The number of carbonyl (C=O) groups excluding carboxylic acids is 2. The highest BCUT2D eigenvalue weighted by Crippen LogP contribution is 2.14. The molecule has 1 rings (SSSR count). The molecule has 15 heavy (non-hydrogen) atoms. The van der Waals surface area contributed by atoms with Gasteiger partial charge in [0.2, 0.25) is 5.91 Å². The van der Waals surface area contributed by atoms with Crippen molar-refractivity contribution < 1.29 is 14.3 Å². The van der Waals surface area contributed by atoms with E-state index in [9.17, 15) is 9.59 Å². The lowest BCUT2D eigenvalue weighted by Gasteiger charge is -2.09. The first kappa shape index (κ1) is 11.0. The van der Waals surface area contributed by atoms with Crippen molar-refractivity contribution in [2.75, 3.05) is 12.5 Å². The van der Waals surface area contributed by atoms with Crippen LogP contribution >= 0.6 is 0 Å². The molecule has 80 valence electrons. The summed E-state index contributed by atoms with van der Waals surface area (Å²) in [5.74, 6) is -0.696. The Kier molecular flexibility index (Phi) is 3.68. The summed E-state index contributed by atoms with van der Waals surface area (Å²) < 4.78 is 4.59. The zero-order valence-corrected chi connectivity index (χ0v) is 8.53. The van der Waals surface area contributed by atoms with Crippen molar-refractivity contribution in [2.24, 2.45) is 0 Å². The molecule has 0 aliphatic carbocycles. The molecule has 2 N–H and O–H groups in total. The van der Waals surface area contributed by atoms with Crippen LogP contribution in [-0.4, -0.2) is 19.0 Å². The van der Waals surface area contributed by atoms with Crippen molar-refractivity contribution in [2.45, 2.75) is 6.92 Å². The highest BCUT2D eigenvalue weighted by atomic mass is 16.5. The van der Waals surface area contributed by atoms with E-state index >= 15 is 0 Å². The lowest BCUT2D eigenvalue weighted by Crippen LogP contribution is -2.27. The quantitative estimate of drug-likeness (QED) is 0.573. The summed E-state index contributed by atoms with van der Waals surface area (Å²) >= 11 is 0. The number of ether oxygens (including phenoxy) is 1. The van der Waals surface area contributed by atoms with Gasteiger partial charge in [-0.05, 0) is 12.1 Å². The molecule has 1 amide bonds. The largest absolute Gasteiger partial charge is 0.465 e.